The molecule has 12 heterocycles. The highest BCUT2D eigenvalue weighted by molar-refractivity contribution is 7.11. The van der Waals surface area contributed by atoms with E-state index in [0.29, 0.717) is 113 Å². The van der Waals surface area contributed by atoms with Crippen LogP contribution in [-0.4, -0.2) is 77.3 Å². The fourth-order valence-corrected chi connectivity index (χ4v) is 17.9. The van der Waals surface area contributed by atoms with Crippen LogP contribution >= 0.6 is 68.0 Å². The Hall–Kier alpha value is -12.8. The van der Waals surface area contributed by atoms with Crippen molar-refractivity contribution in [2.24, 2.45) is 32.7 Å². The van der Waals surface area contributed by atoms with Crippen molar-refractivity contribution in [3.05, 3.63) is 317 Å². The molecule has 0 amide bonds. The van der Waals surface area contributed by atoms with E-state index in [1.54, 1.807) is 112 Å². The summed E-state index contributed by atoms with van der Waals surface area (Å²) in [5.41, 5.74) is 3.19. The van der Waals surface area contributed by atoms with Gasteiger partial charge in [-0.2, -0.15) is 0 Å². The second kappa shape index (κ2) is 37.0. The summed E-state index contributed by atoms with van der Waals surface area (Å²) >= 11 is 7.96. The minimum Gasteiger partial charge on any atom is -0.481 e. The number of carbonyl (C=O) groups excluding carboxylic acids is 3. The van der Waals surface area contributed by atoms with E-state index in [1.807, 2.05) is 94.1 Å². The molecule has 0 fully saturated rings. The molecule has 15 rings (SSSR count). The van der Waals surface area contributed by atoms with E-state index in [0.717, 1.165) is 21.6 Å². The van der Waals surface area contributed by atoms with Crippen LogP contribution < -0.4 is 44.7 Å². The number of thiazole rings is 3. The number of carboxylic acid groups (broad SMARTS) is 1. The minimum absolute atomic E-state index is 0.0413. The highest BCUT2D eigenvalue weighted by atomic mass is 32.1. The molecule has 12 aromatic rings. The van der Waals surface area contributed by atoms with Crippen LogP contribution in [0.4, 0.5) is 17.1 Å². The van der Waals surface area contributed by atoms with Crippen LogP contribution in [0.25, 0.3) is 52.2 Å². The number of hydrogen-bond acceptors (Lipinski definition) is 28. The Morgan fingerprint density at radius 3 is 0.932 bits per heavy atom. The van der Waals surface area contributed by atoms with Gasteiger partial charge in [-0.3, -0.25) is 63.2 Å². The van der Waals surface area contributed by atoms with E-state index in [2.05, 4.69) is 15.0 Å². The first-order valence-corrected chi connectivity index (χ1v) is 41.4. The monoisotopic (exact) mass is 1710 g/mol. The largest absolute Gasteiger partial charge is 0.481 e. The fraction of sp³-hybridized carbons (Fsp3) is 0.229. The summed E-state index contributed by atoms with van der Waals surface area (Å²) in [6.45, 7) is 18.9. The average molecular weight is 1710 g/mol. The maximum absolute atomic E-state index is 13.7. The Morgan fingerprint density at radius 1 is 0.441 bits per heavy atom. The fourth-order valence-electron chi connectivity index (χ4n) is 12.3. The number of nitrogens with zero attached hydrogens (tertiary/aromatic N) is 9. The number of furan rings is 3. The van der Waals surface area contributed by atoms with Gasteiger partial charge in [-0.1, -0.05) is 130 Å². The van der Waals surface area contributed by atoms with Crippen LogP contribution in [0, 0.1) is 48.1 Å². The van der Waals surface area contributed by atoms with E-state index >= 15 is 0 Å². The number of nitro benzene ring substituents is 3. The standard InChI is InChI=1S/3C27H23N3O6S2.C2H4O2/c3*1-15(2)14-35-26(32)23-16(3)28-27-29(24(23)21-8-5-11-37-21)25(31)22(38-27)13-19-9-10-20(36-19)17-6-4-7-18(12-17)30(33)34;1-2(3)4/h3*4-13,15,24H,14H2,1-3H3;1H3,(H,3,4)/b3*22-13-;. The van der Waals surface area contributed by atoms with Crippen LogP contribution in [0.3, 0.4) is 0 Å². The second-order valence-electron chi connectivity index (χ2n) is 27.8. The number of esters is 3. The topological polar surface area (TPSA) is 388 Å². The number of carbonyl (C=O) groups is 4. The van der Waals surface area contributed by atoms with Gasteiger partial charge < -0.3 is 32.6 Å². The average Bonchev–Trinajstić information content (AvgIpc) is 1.60. The third-order valence-electron chi connectivity index (χ3n) is 17.5. The number of nitro groups is 3. The van der Waals surface area contributed by atoms with Crippen LogP contribution in [0.1, 0.15) is 119 Å². The SMILES string of the molecule is CC(=O)O.CC1=C(C(=O)OCC(C)C)C(c2cccs2)n2c(s/c(=C\c3ccc(-c4cccc([N+](=O)[O-])c4)o3)c2=O)=N1.CC1=C(C(=O)OCC(C)C)C(c2cccs2)n2c(s/c(=C\c3ccc(-c4cccc([N+](=O)[O-])c4)o3)c2=O)=N1.CC1=C(C(=O)OCC(C)C)C(c2cccs2)n2c(s/c(=C\c3ccc(-c4cccc([N+](=O)[O-])c4)o3)c2=O)=N1. The number of non-ortho nitro benzene ring substituents is 3. The van der Waals surface area contributed by atoms with E-state index in [-0.39, 0.29) is 71.3 Å². The number of carboxylic acids is 1. The minimum atomic E-state index is -0.833. The lowest BCUT2D eigenvalue weighted by molar-refractivity contribution is -0.385. The predicted molar refractivity (Wildman–Crippen MR) is 447 cm³/mol. The molecule has 0 radical (unpaired) electrons. The number of thiophene rings is 3. The van der Waals surface area contributed by atoms with Gasteiger partial charge in [0.25, 0.3) is 39.7 Å². The summed E-state index contributed by atoms with van der Waals surface area (Å²) in [6, 6.07) is 38.0. The van der Waals surface area contributed by atoms with E-state index in [9.17, 15) is 59.1 Å². The highest BCUT2D eigenvalue weighted by Crippen LogP contribution is 2.38. The van der Waals surface area contributed by atoms with Crippen molar-refractivity contribution in [1.29, 1.82) is 0 Å². The van der Waals surface area contributed by atoms with Crippen molar-refractivity contribution in [1.82, 2.24) is 13.7 Å². The van der Waals surface area contributed by atoms with Gasteiger partial charge in [-0.15, -0.1) is 34.0 Å². The zero-order valence-corrected chi connectivity index (χ0v) is 69.5. The molecule has 118 heavy (non-hydrogen) atoms. The van der Waals surface area contributed by atoms with Crippen molar-refractivity contribution in [2.45, 2.75) is 87.4 Å². The predicted octanol–water partition coefficient (Wildman–Crippen LogP) is 14.1. The number of aliphatic carboxylic acids is 1. The Labute approximate surface area is 693 Å². The lowest BCUT2D eigenvalue weighted by Gasteiger charge is -2.23. The number of rotatable bonds is 21. The molecule has 0 saturated carbocycles. The highest BCUT2D eigenvalue weighted by Gasteiger charge is 2.38. The first-order valence-electron chi connectivity index (χ1n) is 36.3. The molecule has 1 N–H and O–H groups in total. The van der Waals surface area contributed by atoms with Gasteiger partial charge in [0, 0.05) is 92.9 Å². The molecular weight excluding hydrogens is 1640 g/mol. The Bertz CT molecular complexity index is 5960. The van der Waals surface area contributed by atoms with Gasteiger partial charge in [0.2, 0.25) is 0 Å². The first-order chi connectivity index (χ1) is 56.4. The van der Waals surface area contributed by atoms with Crippen LogP contribution in [0.2, 0.25) is 0 Å². The normalized spacial score (nSPS) is 15.2. The van der Waals surface area contributed by atoms with E-state index < -0.39 is 56.8 Å². The van der Waals surface area contributed by atoms with Gasteiger partial charge in [-0.25, -0.2) is 29.4 Å². The summed E-state index contributed by atoms with van der Waals surface area (Å²) in [6.07, 6.45) is 4.85. The smallest absolute Gasteiger partial charge is 0.338 e. The second-order valence-corrected chi connectivity index (χ2v) is 33.8. The molecule has 0 bridgehead atoms. The summed E-state index contributed by atoms with van der Waals surface area (Å²) in [4.78, 5) is 139. The van der Waals surface area contributed by atoms with Gasteiger partial charge in [0.05, 0.1) is 82.0 Å². The van der Waals surface area contributed by atoms with Crippen molar-refractivity contribution in [2.75, 3.05) is 19.8 Å². The lowest BCUT2D eigenvalue weighted by atomic mass is 10.0. The van der Waals surface area contributed by atoms with Crippen LogP contribution in [0.15, 0.2) is 238 Å². The number of hydrogen-bond donors (Lipinski definition) is 1. The molecule has 35 heteroatoms. The van der Waals surface area contributed by atoms with Gasteiger partial charge in [0.15, 0.2) is 14.4 Å². The molecule has 3 aliphatic heterocycles. The third-order valence-corrected chi connectivity index (χ3v) is 23.3. The maximum atomic E-state index is 13.7. The number of allylic oxidation sites excluding steroid dienone is 3. The molecule has 0 spiro atoms. The molecule has 3 atom stereocenters. The molecule has 3 unspecified atom stereocenters. The van der Waals surface area contributed by atoms with Crippen LogP contribution in [0.5, 0.6) is 0 Å². The summed E-state index contributed by atoms with van der Waals surface area (Å²) in [7, 11) is 0. The van der Waals surface area contributed by atoms with Gasteiger partial charge >= 0.3 is 17.9 Å². The summed E-state index contributed by atoms with van der Waals surface area (Å²) in [5.74, 6) is 0.774. The Balaban J connectivity index is 0.000000159. The third kappa shape index (κ3) is 19.3. The zero-order chi connectivity index (χ0) is 84.5. The molecule has 0 aliphatic carbocycles. The number of ether oxygens (including phenoxy) is 3. The van der Waals surface area contributed by atoms with Gasteiger partial charge in [-0.05, 0) is 109 Å². The van der Waals surface area contributed by atoms with Crippen LogP contribution in [-0.2, 0) is 33.4 Å². The van der Waals surface area contributed by atoms with Crippen molar-refractivity contribution in [3.63, 3.8) is 0 Å². The van der Waals surface area contributed by atoms with Gasteiger partial charge in [0.1, 0.15) is 52.7 Å². The number of fused-ring (bicyclic) bond motifs is 3. The molecule has 606 valence electrons. The molecule has 3 aromatic carbocycles. The molecule has 29 nitrogen and oxygen atoms in total. The lowest BCUT2D eigenvalue weighted by Crippen LogP contribution is -2.39. The number of benzene rings is 3. The Morgan fingerprint density at radius 2 is 0.703 bits per heavy atom. The number of aromatic nitrogens is 3. The summed E-state index contributed by atoms with van der Waals surface area (Å²) in [5, 5.41) is 46.5. The molecular formula is C83H73N9O20S6. The quantitative estimate of drug-likeness (QED) is 0.0302. The summed E-state index contributed by atoms with van der Waals surface area (Å²) < 4.78 is 40.1. The maximum Gasteiger partial charge on any atom is 0.338 e. The van der Waals surface area contributed by atoms with Crippen molar-refractivity contribution >= 4 is 127 Å². The molecule has 0 saturated heterocycles. The van der Waals surface area contributed by atoms with E-state index in [1.165, 1.54) is 118 Å². The zero-order valence-electron chi connectivity index (χ0n) is 64.6. The van der Waals surface area contributed by atoms with Crippen molar-refractivity contribution < 1.29 is 66.5 Å². The molecule has 9 aromatic heterocycles. The van der Waals surface area contributed by atoms with Crippen molar-refractivity contribution in [3.8, 4) is 34.0 Å². The Kier molecular flexibility index (Phi) is 26.5. The first kappa shape index (κ1) is 84.6. The molecule has 3 aliphatic rings. The van der Waals surface area contributed by atoms with E-state index in [4.69, 9.17) is 37.4 Å².